The molecule has 3 rings (SSSR count). The smallest absolute Gasteiger partial charge is 0.339 e. The number of nitrogens with zero attached hydrogens (tertiary/aromatic N) is 1. The number of fused-ring (bicyclic) bond motifs is 2. The summed E-state index contributed by atoms with van der Waals surface area (Å²) in [5.41, 5.74) is 0.901. The predicted octanol–water partition coefficient (Wildman–Crippen LogP) is 2.98. The maximum atomic E-state index is 12.0. The molecule has 0 bridgehead atoms. The van der Waals surface area contributed by atoms with Crippen molar-refractivity contribution in [2.24, 2.45) is 5.92 Å². The highest BCUT2D eigenvalue weighted by molar-refractivity contribution is 5.94. The third-order valence-electron chi connectivity index (χ3n) is 4.69. The van der Waals surface area contributed by atoms with E-state index in [1.807, 2.05) is 0 Å². The third-order valence-corrected chi connectivity index (χ3v) is 4.69. The van der Waals surface area contributed by atoms with Gasteiger partial charge in [0.15, 0.2) is 0 Å². The van der Waals surface area contributed by atoms with Gasteiger partial charge in [-0.25, -0.2) is 4.79 Å². The highest BCUT2D eigenvalue weighted by Gasteiger charge is 2.48. The first-order chi connectivity index (χ1) is 10.7. The molecule has 2 heterocycles. The van der Waals surface area contributed by atoms with Crippen LogP contribution in [-0.2, 0) is 19.9 Å². The van der Waals surface area contributed by atoms with Gasteiger partial charge in [-0.2, -0.15) is 0 Å². The normalized spacial score (nSPS) is 26.6. The molecule has 1 aromatic heterocycles. The number of esters is 2. The quantitative estimate of drug-likeness (QED) is 0.632. The molecule has 118 valence electrons. The summed E-state index contributed by atoms with van der Waals surface area (Å²) < 4.78 is 11.0. The van der Waals surface area contributed by atoms with Crippen molar-refractivity contribution in [1.29, 1.82) is 0 Å². The number of carbonyl (C=O) groups excluding carboxylic acids is 2. The Kier molecular flexibility index (Phi) is 4.14. The molecule has 0 atom stereocenters. The van der Waals surface area contributed by atoms with Crippen molar-refractivity contribution in [3.63, 3.8) is 0 Å². The van der Waals surface area contributed by atoms with Crippen LogP contribution in [-0.4, -0.2) is 23.5 Å². The Morgan fingerprint density at radius 1 is 1.45 bits per heavy atom. The van der Waals surface area contributed by atoms with Crippen LogP contribution in [0.1, 0.15) is 61.4 Å². The summed E-state index contributed by atoms with van der Waals surface area (Å²) in [5, 5.41) is 0. The lowest BCUT2D eigenvalue weighted by atomic mass is 9.75. The molecule has 0 N–H and O–H groups in total. The molecule has 0 amide bonds. The van der Waals surface area contributed by atoms with Crippen molar-refractivity contribution in [2.45, 2.75) is 51.0 Å². The van der Waals surface area contributed by atoms with Crippen molar-refractivity contribution in [2.75, 3.05) is 6.61 Å². The van der Waals surface area contributed by atoms with E-state index in [9.17, 15) is 9.59 Å². The van der Waals surface area contributed by atoms with Crippen molar-refractivity contribution in [1.82, 2.24) is 4.98 Å². The van der Waals surface area contributed by atoms with Gasteiger partial charge < -0.3 is 9.47 Å². The van der Waals surface area contributed by atoms with E-state index in [-0.39, 0.29) is 17.9 Å². The fraction of sp³-hybridized carbons (Fsp3) is 0.588. The summed E-state index contributed by atoms with van der Waals surface area (Å²) in [7, 11) is 0. The Morgan fingerprint density at radius 2 is 2.23 bits per heavy atom. The van der Waals surface area contributed by atoms with Crippen molar-refractivity contribution in [3.8, 4) is 0 Å². The maximum Gasteiger partial charge on any atom is 0.339 e. The molecule has 1 saturated carbocycles. The van der Waals surface area contributed by atoms with E-state index >= 15 is 0 Å². The van der Waals surface area contributed by atoms with E-state index < -0.39 is 5.60 Å². The van der Waals surface area contributed by atoms with Crippen LogP contribution in [0.2, 0.25) is 0 Å². The molecule has 1 aromatic rings. The van der Waals surface area contributed by atoms with Crippen LogP contribution in [0.25, 0.3) is 0 Å². The fourth-order valence-electron chi connectivity index (χ4n) is 3.35. The number of carbonyl (C=O) groups is 2. The lowest BCUT2D eigenvalue weighted by molar-refractivity contribution is -0.151. The average molecular weight is 303 g/mol. The Bertz CT molecular complexity index is 576. The van der Waals surface area contributed by atoms with Crippen molar-refractivity contribution < 1.29 is 19.1 Å². The standard InChI is InChI=1S/C17H21NO4/c1-2-3-10-21-15(19)12-4-7-17(8-5-12)14-11-18-9-6-13(14)16(20)22-17/h6,9,11-12H,2-5,7-8,10H2,1H3. The summed E-state index contributed by atoms with van der Waals surface area (Å²) in [5.74, 6) is -0.470. The third kappa shape index (κ3) is 2.60. The lowest BCUT2D eigenvalue weighted by Gasteiger charge is -2.35. The van der Waals surface area contributed by atoms with Gasteiger partial charge in [0.25, 0.3) is 0 Å². The summed E-state index contributed by atoms with van der Waals surface area (Å²) >= 11 is 0. The zero-order chi connectivity index (χ0) is 15.6. The molecule has 1 aliphatic heterocycles. The first-order valence-electron chi connectivity index (χ1n) is 8.01. The molecule has 0 saturated heterocycles. The highest BCUT2D eigenvalue weighted by Crippen LogP contribution is 2.47. The molecule has 0 unspecified atom stereocenters. The first-order valence-corrected chi connectivity index (χ1v) is 8.01. The number of ether oxygens (including phenoxy) is 2. The molecule has 1 spiro atoms. The Morgan fingerprint density at radius 3 is 2.95 bits per heavy atom. The van der Waals surface area contributed by atoms with Crippen LogP contribution in [0, 0.1) is 5.92 Å². The highest BCUT2D eigenvalue weighted by atomic mass is 16.6. The van der Waals surface area contributed by atoms with Gasteiger partial charge in [-0.1, -0.05) is 13.3 Å². The van der Waals surface area contributed by atoms with E-state index in [0.717, 1.165) is 18.4 Å². The number of hydrogen-bond acceptors (Lipinski definition) is 5. The number of pyridine rings is 1. The maximum absolute atomic E-state index is 12.0. The molecule has 0 aromatic carbocycles. The van der Waals surface area contributed by atoms with Crippen LogP contribution in [0.4, 0.5) is 0 Å². The van der Waals surface area contributed by atoms with Gasteiger partial charge >= 0.3 is 11.9 Å². The van der Waals surface area contributed by atoms with Crippen LogP contribution in [0.3, 0.4) is 0 Å². The first kappa shape index (κ1) is 15.0. The second-order valence-electron chi connectivity index (χ2n) is 6.10. The molecular weight excluding hydrogens is 282 g/mol. The van der Waals surface area contributed by atoms with E-state index in [0.29, 0.717) is 37.9 Å². The summed E-state index contributed by atoms with van der Waals surface area (Å²) in [6.45, 7) is 2.57. The molecule has 1 aliphatic carbocycles. The average Bonchev–Trinajstić information content (AvgIpc) is 2.81. The van der Waals surface area contributed by atoms with Crippen molar-refractivity contribution in [3.05, 3.63) is 29.6 Å². The Hall–Kier alpha value is -1.91. The molecule has 5 nitrogen and oxygen atoms in total. The van der Waals surface area contributed by atoms with Gasteiger partial charge in [-0.3, -0.25) is 9.78 Å². The summed E-state index contributed by atoms with van der Waals surface area (Å²) in [6, 6.07) is 1.71. The second kappa shape index (κ2) is 6.07. The molecule has 22 heavy (non-hydrogen) atoms. The number of aromatic nitrogens is 1. The summed E-state index contributed by atoms with van der Waals surface area (Å²) in [6.07, 6.45) is 7.94. The largest absolute Gasteiger partial charge is 0.465 e. The molecule has 5 heteroatoms. The minimum atomic E-state index is -0.582. The zero-order valence-electron chi connectivity index (χ0n) is 12.8. The number of unbranched alkanes of at least 4 members (excludes halogenated alkanes) is 1. The topological polar surface area (TPSA) is 65.5 Å². The minimum absolute atomic E-state index is 0.0816. The Balaban J connectivity index is 1.65. The van der Waals surface area contributed by atoms with Crippen molar-refractivity contribution >= 4 is 11.9 Å². The predicted molar refractivity (Wildman–Crippen MR) is 79.2 cm³/mol. The number of rotatable bonds is 4. The number of hydrogen-bond donors (Lipinski definition) is 0. The SMILES string of the molecule is CCCCOC(=O)C1CCC2(CC1)OC(=O)c1ccncc12. The zero-order valence-corrected chi connectivity index (χ0v) is 12.8. The van der Waals surface area contributed by atoms with E-state index in [1.165, 1.54) is 0 Å². The van der Waals surface area contributed by atoms with Gasteiger partial charge in [0.1, 0.15) is 5.60 Å². The van der Waals surface area contributed by atoms with Crippen LogP contribution < -0.4 is 0 Å². The van der Waals surface area contributed by atoms with Gasteiger partial charge in [0, 0.05) is 18.0 Å². The van der Waals surface area contributed by atoms with E-state index in [1.54, 1.807) is 18.5 Å². The minimum Gasteiger partial charge on any atom is -0.465 e. The second-order valence-corrected chi connectivity index (χ2v) is 6.10. The van der Waals surface area contributed by atoms with E-state index in [4.69, 9.17) is 9.47 Å². The van der Waals surface area contributed by atoms with Gasteiger partial charge in [0.2, 0.25) is 0 Å². The van der Waals surface area contributed by atoms with Crippen LogP contribution in [0.5, 0.6) is 0 Å². The molecule has 0 radical (unpaired) electrons. The molecule has 2 aliphatic rings. The molecule has 1 fully saturated rings. The molecular formula is C17H21NO4. The van der Waals surface area contributed by atoms with Crippen LogP contribution >= 0.6 is 0 Å². The van der Waals surface area contributed by atoms with Gasteiger partial charge in [0.05, 0.1) is 18.1 Å². The van der Waals surface area contributed by atoms with Gasteiger partial charge in [-0.05, 0) is 38.2 Å². The van der Waals surface area contributed by atoms with E-state index in [2.05, 4.69) is 11.9 Å². The Labute approximate surface area is 130 Å². The summed E-state index contributed by atoms with van der Waals surface area (Å²) in [4.78, 5) is 28.2. The fourth-order valence-corrected chi connectivity index (χ4v) is 3.35. The van der Waals surface area contributed by atoms with Gasteiger partial charge in [-0.15, -0.1) is 0 Å². The van der Waals surface area contributed by atoms with Crippen LogP contribution in [0.15, 0.2) is 18.5 Å². The monoisotopic (exact) mass is 303 g/mol. The lowest BCUT2D eigenvalue weighted by Crippen LogP contribution is -2.35.